The molecule has 3 rings (SSSR count). The summed E-state index contributed by atoms with van der Waals surface area (Å²) in [5, 5.41) is 13.4. The van der Waals surface area contributed by atoms with Gasteiger partial charge >= 0.3 is 6.09 Å². The van der Waals surface area contributed by atoms with E-state index in [-0.39, 0.29) is 29.5 Å². The zero-order chi connectivity index (χ0) is 28.9. The first-order chi connectivity index (χ1) is 18.4. The van der Waals surface area contributed by atoms with Gasteiger partial charge in [-0.3, -0.25) is 19.4 Å². The highest BCUT2D eigenvalue weighted by Crippen LogP contribution is 2.29. The number of hydrogen-bond donors (Lipinski definition) is 2. The van der Waals surface area contributed by atoms with Crippen molar-refractivity contribution in [1.29, 1.82) is 0 Å². The Kier molecular flexibility index (Phi) is 9.41. The number of ether oxygens (including phenoxy) is 1. The van der Waals surface area contributed by atoms with E-state index in [4.69, 9.17) is 4.42 Å². The minimum Gasteiger partial charge on any atom is -0.453 e. The van der Waals surface area contributed by atoms with Crippen LogP contribution in [0.3, 0.4) is 0 Å². The van der Waals surface area contributed by atoms with Gasteiger partial charge in [-0.15, -0.1) is 10.2 Å². The number of nitrogens with zero attached hydrogens (tertiary/aromatic N) is 4. The average molecular weight is 543 g/mol. The molecule has 2 N–H and O–H groups in total. The number of nitrogens with one attached hydrogen (secondary N) is 2. The van der Waals surface area contributed by atoms with Crippen molar-refractivity contribution in [1.82, 2.24) is 30.7 Å². The van der Waals surface area contributed by atoms with E-state index in [0.717, 1.165) is 0 Å². The lowest BCUT2D eigenvalue weighted by molar-refractivity contribution is -0.141. The van der Waals surface area contributed by atoms with Gasteiger partial charge in [0.15, 0.2) is 0 Å². The molecule has 12 nitrogen and oxygen atoms in total. The highest BCUT2D eigenvalue weighted by atomic mass is 16.5. The third-order valence-electron chi connectivity index (χ3n) is 6.95. The third kappa shape index (κ3) is 6.61. The average Bonchev–Trinajstić information content (AvgIpc) is 3.60. The van der Waals surface area contributed by atoms with Gasteiger partial charge in [0, 0.05) is 12.7 Å². The summed E-state index contributed by atoms with van der Waals surface area (Å²) in [6.07, 6.45) is 1.99. The largest absolute Gasteiger partial charge is 0.453 e. The van der Waals surface area contributed by atoms with Gasteiger partial charge in [-0.2, -0.15) is 0 Å². The summed E-state index contributed by atoms with van der Waals surface area (Å²) in [5.74, 6) is -1.86. The number of carbonyl (C=O) groups is 4. The number of aromatic nitrogens is 3. The molecule has 0 saturated carbocycles. The maximum absolute atomic E-state index is 13.4. The van der Waals surface area contributed by atoms with E-state index in [2.05, 4.69) is 30.6 Å². The van der Waals surface area contributed by atoms with Crippen LogP contribution in [0.5, 0.6) is 0 Å². The molecule has 3 amide bonds. The SMILES string of the molecule is COC(=O)N[C@H](C(=O)N1CCC[C@H]1C(=O)N[C@@H](C(=O)c1nnc(C(C)(C)c2ccccn2)o1)C(C)C)C(C)C. The number of methoxy groups -OCH3 is 1. The second-order valence-corrected chi connectivity index (χ2v) is 10.9. The zero-order valence-electron chi connectivity index (χ0n) is 23.6. The molecule has 3 heterocycles. The fraction of sp³-hybridized carbons (Fsp3) is 0.593. The number of amides is 3. The molecule has 12 heteroatoms. The van der Waals surface area contributed by atoms with Crippen LogP contribution in [0, 0.1) is 11.8 Å². The van der Waals surface area contributed by atoms with Crippen LogP contribution in [-0.4, -0.2) is 75.6 Å². The highest BCUT2D eigenvalue weighted by molar-refractivity contribution is 6.00. The van der Waals surface area contributed by atoms with Crippen molar-refractivity contribution in [2.24, 2.45) is 11.8 Å². The van der Waals surface area contributed by atoms with Crippen molar-refractivity contribution in [2.75, 3.05) is 13.7 Å². The number of carbonyl (C=O) groups excluding carboxylic acids is 4. The van der Waals surface area contributed by atoms with Gasteiger partial charge in [-0.1, -0.05) is 33.8 Å². The lowest BCUT2D eigenvalue weighted by atomic mass is 9.89. The van der Waals surface area contributed by atoms with Gasteiger partial charge in [-0.05, 0) is 50.7 Å². The van der Waals surface area contributed by atoms with Gasteiger partial charge in [0.05, 0.1) is 24.3 Å². The second-order valence-electron chi connectivity index (χ2n) is 10.9. The first-order valence-electron chi connectivity index (χ1n) is 13.1. The molecule has 3 atom stereocenters. The van der Waals surface area contributed by atoms with E-state index in [1.54, 1.807) is 40.0 Å². The quantitative estimate of drug-likeness (QED) is 0.431. The number of likely N-dealkylation sites (tertiary alicyclic amines) is 1. The van der Waals surface area contributed by atoms with E-state index in [0.29, 0.717) is 25.1 Å². The van der Waals surface area contributed by atoms with Gasteiger partial charge in [-0.25, -0.2) is 4.79 Å². The fourth-order valence-corrected chi connectivity index (χ4v) is 4.52. The topological polar surface area (TPSA) is 157 Å². The molecule has 0 aliphatic carbocycles. The normalized spacial score (nSPS) is 17.2. The first-order valence-corrected chi connectivity index (χ1v) is 13.1. The van der Waals surface area contributed by atoms with Crippen LogP contribution < -0.4 is 10.6 Å². The van der Waals surface area contributed by atoms with Crippen LogP contribution in [0.4, 0.5) is 4.79 Å². The van der Waals surface area contributed by atoms with E-state index >= 15 is 0 Å². The van der Waals surface area contributed by atoms with Crippen LogP contribution >= 0.6 is 0 Å². The molecule has 0 spiro atoms. The number of ketones is 1. The summed E-state index contributed by atoms with van der Waals surface area (Å²) < 4.78 is 10.4. The maximum atomic E-state index is 13.4. The van der Waals surface area contributed by atoms with Crippen LogP contribution in [-0.2, 0) is 19.7 Å². The molecule has 1 aliphatic rings. The lowest BCUT2D eigenvalue weighted by Gasteiger charge is -2.31. The molecule has 0 aromatic carbocycles. The molecule has 0 bridgehead atoms. The molecule has 0 unspecified atom stereocenters. The number of Topliss-reactive ketones (excluding diaryl/α,β-unsaturated/α-hetero) is 1. The Morgan fingerprint density at radius 2 is 1.74 bits per heavy atom. The lowest BCUT2D eigenvalue weighted by Crippen LogP contribution is -2.57. The first kappa shape index (κ1) is 29.7. The van der Waals surface area contributed by atoms with E-state index < -0.39 is 41.3 Å². The summed E-state index contributed by atoms with van der Waals surface area (Å²) in [7, 11) is 1.22. The second kappa shape index (κ2) is 12.4. The molecule has 0 radical (unpaired) electrons. The monoisotopic (exact) mass is 542 g/mol. The number of hydrogen-bond acceptors (Lipinski definition) is 9. The predicted molar refractivity (Wildman–Crippen MR) is 141 cm³/mol. The van der Waals surface area contributed by atoms with Gasteiger partial charge in [0.2, 0.25) is 23.5 Å². The summed E-state index contributed by atoms with van der Waals surface area (Å²) in [6.45, 7) is 11.3. The van der Waals surface area contributed by atoms with Crippen LogP contribution in [0.15, 0.2) is 28.8 Å². The maximum Gasteiger partial charge on any atom is 0.407 e. The molecule has 2 aromatic rings. The molecule has 39 heavy (non-hydrogen) atoms. The van der Waals surface area contributed by atoms with Crippen molar-refractivity contribution in [2.45, 2.75) is 77.9 Å². The van der Waals surface area contributed by atoms with E-state index in [1.165, 1.54) is 12.0 Å². The number of alkyl carbamates (subject to hydrolysis) is 1. The highest BCUT2D eigenvalue weighted by Gasteiger charge is 2.41. The van der Waals surface area contributed by atoms with Gasteiger partial charge in [0.1, 0.15) is 12.1 Å². The van der Waals surface area contributed by atoms with Crippen molar-refractivity contribution in [3.63, 3.8) is 0 Å². The van der Waals surface area contributed by atoms with Crippen molar-refractivity contribution in [3.8, 4) is 0 Å². The molecule has 212 valence electrons. The fourth-order valence-electron chi connectivity index (χ4n) is 4.52. The van der Waals surface area contributed by atoms with Crippen LogP contribution in [0.2, 0.25) is 0 Å². The standard InChI is InChI=1S/C27H38N6O6/c1-15(2)19(21(34)23-31-32-25(39-23)27(5,6)18-12-8-9-13-28-18)29-22(35)17-11-10-14-33(17)24(36)20(16(3)4)30-26(37)38-7/h8-9,12-13,15-17,19-20H,10-11,14H2,1-7H3,(H,29,35)(H,30,37)/t17-,19+,20-/m0/s1. The van der Waals surface area contributed by atoms with Gasteiger partial charge in [0.25, 0.3) is 5.89 Å². The Morgan fingerprint density at radius 1 is 1.05 bits per heavy atom. The van der Waals surface area contributed by atoms with Gasteiger partial charge < -0.3 is 24.7 Å². The van der Waals surface area contributed by atoms with Crippen LogP contribution in [0.1, 0.15) is 76.7 Å². The Balaban J connectivity index is 1.76. The predicted octanol–water partition coefficient (Wildman–Crippen LogP) is 2.49. The van der Waals surface area contributed by atoms with Crippen LogP contribution in [0.25, 0.3) is 0 Å². The Labute approximate surface area is 228 Å². The molecular weight excluding hydrogens is 504 g/mol. The van der Waals surface area contributed by atoms with Crippen molar-refractivity contribution >= 4 is 23.7 Å². The summed E-state index contributed by atoms with van der Waals surface area (Å²) in [5.41, 5.74) is -0.0343. The molecule has 1 fully saturated rings. The Hall–Kier alpha value is -3.83. The number of rotatable bonds is 10. The summed E-state index contributed by atoms with van der Waals surface area (Å²) >= 11 is 0. The smallest absolute Gasteiger partial charge is 0.407 e. The molecular formula is C27H38N6O6. The molecule has 2 aromatic heterocycles. The van der Waals surface area contributed by atoms with E-state index in [9.17, 15) is 19.2 Å². The zero-order valence-corrected chi connectivity index (χ0v) is 23.6. The minimum atomic E-state index is -0.949. The minimum absolute atomic E-state index is 0.213. The van der Waals surface area contributed by atoms with Crippen molar-refractivity contribution < 1.29 is 28.3 Å². The number of pyridine rings is 1. The molecule has 1 aliphatic heterocycles. The summed E-state index contributed by atoms with van der Waals surface area (Å²) in [4.78, 5) is 57.7. The Morgan fingerprint density at radius 3 is 2.33 bits per heavy atom. The third-order valence-corrected chi connectivity index (χ3v) is 6.95. The van der Waals surface area contributed by atoms with Crippen molar-refractivity contribution in [3.05, 3.63) is 41.9 Å². The van der Waals surface area contributed by atoms with E-state index in [1.807, 2.05) is 26.0 Å². The molecule has 1 saturated heterocycles. The Bertz CT molecular complexity index is 1180. The summed E-state index contributed by atoms with van der Waals surface area (Å²) in [6, 6.07) is 2.90.